The van der Waals surface area contributed by atoms with E-state index in [1.807, 2.05) is 0 Å². The first-order valence-corrected chi connectivity index (χ1v) is 3.63. The zero-order valence-electron chi connectivity index (χ0n) is 5.81. The van der Waals surface area contributed by atoms with Gasteiger partial charge in [-0.25, -0.2) is 0 Å². The van der Waals surface area contributed by atoms with Gasteiger partial charge >= 0.3 is 0 Å². The summed E-state index contributed by atoms with van der Waals surface area (Å²) >= 11 is 0. The normalized spacial score (nSPS) is 21.0. The molecule has 0 atom stereocenters. The number of hydrogen-bond donors (Lipinski definition) is 1. The minimum atomic E-state index is 0. The molecule has 0 aliphatic heterocycles. The SMILES string of the molecule is Cl.NCC1CCCCC1. The maximum Gasteiger partial charge on any atom is -0.00489 e. The minimum absolute atomic E-state index is 0. The van der Waals surface area contributed by atoms with Crippen LogP contribution in [0.15, 0.2) is 0 Å². The largest absolute Gasteiger partial charge is 0.330 e. The van der Waals surface area contributed by atoms with Gasteiger partial charge in [-0.15, -0.1) is 12.4 Å². The van der Waals surface area contributed by atoms with Gasteiger partial charge in [-0.1, -0.05) is 19.3 Å². The maximum absolute atomic E-state index is 5.50. The van der Waals surface area contributed by atoms with Crippen molar-refractivity contribution in [2.75, 3.05) is 6.54 Å². The molecule has 0 aromatic heterocycles. The fraction of sp³-hybridized carbons (Fsp3) is 1.00. The molecule has 1 fully saturated rings. The molecule has 2 N–H and O–H groups in total. The van der Waals surface area contributed by atoms with Crippen molar-refractivity contribution in [3.8, 4) is 0 Å². The summed E-state index contributed by atoms with van der Waals surface area (Å²) in [7, 11) is 0. The van der Waals surface area contributed by atoms with Gasteiger partial charge in [-0.3, -0.25) is 0 Å². The van der Waals surface area contributed by atoms with Crippen LogP contribution in [0.25, 0.3) is 0 Å². The Labute approximate surface area is 63.4 Å². The predicted octanol–water partition coefficient (Wildman–Crippen LogP) is 1.95. The van der Waals surface area contributed by atoms with Crippen LogP contribution in [0.1, 0.15) is 32.1 Å². The summed E-state index contributed by atoms with van der Waals surface area (Å²) in [6.07, 6.45) is 7.05. The predicted molar refractivity (Wildman–Crippen MR) is 42.9 cm³/mol. The highest BCUT2D eigenvalue weighted by Gasteiger charge is 2.09. The zero-order chi connectivity index (χ0) is 5.82. The van der Waals surface area contributed by atoms with Crippen molar-refractivity contribution in [2.45, 2.75) is 32.1 Å². The van der Waals surface area contributed by atoms with E-state index >= 15 is 0 Å². The van der Waals surface area contributed by atoms with Crippen LogP contribution in [0.2, 0.25) is 0 Å². The van der Waals surface area contributed by atoms with E-state index in [1.54, 1.807) is 0 Å². The second-order valence-corrected chi connectivity index (χ2v) is 2.74. The van der Waals surface area contributed by atoms with Gasteiger partial charge in [0.1, 0.15) is 0 Å². The minimum Gasteiger partial charge on any atom is -0.330 e. The molecule has 1 saturated carbocycles. The lowest BCUT2D eigenvalue weighted by atomic mass is 9.90. The summed E-state index contributed by atoms with van der Waals surface area (Å²) < 4.78 is 0. The van der Waals surface area contributed by atoms with Crippen LogP contribution in [0, 0.1) is 5.92 Å². The first-order valence-electron chi connectivity index (χ1n) is 3.63. The lowest BCUT2D eigenvalue weighted by Crippen LogP contribution is -2.16. The van der Waals surface area contributed by atoms with Gasteiger partial charge in [0.25, 0.3) is 0 Å². The van der Waals surface area contributed by atoms with E-state index in [1.165, 1.54) is 32.1 Å². The van der Waals surface area contributed by atoms with E-state index in [9.17, 15) is 0 Å². The lowest BCUT2D eigenvalue weighted by Gasteiger charge is -2.18. The molecule has 0 aromatic carbocycles. The maximum atomic E-state index is 5.50. The number of nitrogens with two attached hydrogens (primary N) is 1. The lowest BCUT2D eigenvalue weighted by molar-refractivity contribution is 0.366. The number of rotatable bonds is 1. The van der Waals surface area contributed by atoms with Gasteiger partial charge in [0.15, 0.2) is 0 Å². The van der Waals surface area contributed by atoms with Gasteiger partial charge in [0, 0.05) is 0 Å². The van der Waals surface area contributed by atoms with Crippen molar-refractivity contribution in [3.63, 3.8) is 0 Å². The van der Waals surface area contributed by atoms with Crippen LogP contribution in [0.5, 0.6) is 0 Å². The Morgan fingerprint density at radius 1 is 1.11 bits per heavy atom. The molecule has 1 rings (SSSR count). The van der Waals surface area contributed by atoms with Crippen LogP contribution in [-0.2, 0) is 0 Å². The van der Waals surface area contributed by atoms with E-state index in [2.05, 4.69) is 0 Å². The van der Waals surface area contributed by atoms with Gasteiger partial charge < -0.3 is 5.73 Å². The first-order chi connectivity index (χ1) is 3.93. The monoisotopic (exact) mass is 149 g/mol. The van der Waals surface area contributed by atoms with Crippen molar-refractivity contribution in [2.24, 2.45) is 11.7 Å². The van der Waals surface area contributed by atoms with E-state index < -0.39 is 0 Å². The van der Waals surface area contributed by atoms with Crippen molar-refractivity contribution < 1.29 is 0 Å². The van der Waals surface area contributed by atoms with Crippen LogP contribution in [-0.4, -0.2) is 6.54 Å². The highest BCUT2D eigenvalue weighted by atomic mass is 35.5. The van der Waals surface area contributed by atoms with Crippen LogP contribution >= 0.6 is 12.4 Å². The molecular formula is C7H16ClN. The zero-order valence-corrected chi connectivity index (χ0v) is 6.62. The second-order valence-electron chi connectivity index (χ2n) is 2.74. The number of halogens is 1. The molecule has 0 spiro atoms. The quantitative estimate of drug-likeness (QED) is 0.606. The third-order valence-electron chi connectivity index (χ3n) is 2.06. The smallest absolute Gasteiger partial charge is 0.00489 e. The molecule has 9 heavy (non-hydrogen) atoms. The molecule has 0 unspecified atom stereocenters. The molecule has 0 radical (unpaired) electrons. The molecule has 0 amide bonds. The fourth-order valence-corrected chi connectivity index (χ4v) is 1.42. The Balaban J connectivity index is 0.000000640. The second kappa shape index (κ2) is 5.07. The van der Waals surface area contributed by atoms with E-state index in [-0.39, 0.29) is 12.4 Å². The van der Waals surface area contributed by atoms with E-state index in [0.29, 0.717) is 0 Å². The highest BCUT2D eigenvalue weighted by molar-refractivity contribution is 5.85. The Morgan fingerprint density at radius 2 is 1.67 bits per heavy atom. The van der Waals surface area contributed by atoms with Crippen molar-refractivity contribution in [1.29, 1.82) is 0 Å². The van der Waals surface area contributed by atoms with Gasteiger partial charge in [-0.2, -0.15) is 0 Å². The van der Waals surface area contributed by atoms with Crippen LogP contribution < -0.4 is 5.73 Å². The Bertz CT molecular complexity index is 59.9. The summed E-state index contributed by atoms with van der Waals surface area (Å²) in [6.45, 7) is 0.917. The molecule has 0 heterocycles. The van der Waals surface area contributed by atoms with Crippen molar-refractivity contribution >= 4 is 12.4 Å². The molecule has 0 saturated heterocycles. The molecule has 0 bridgehead atoms. The standard InChI is InChI=1S/C7H15N.ClH/c8-6-7-4-2-1-3-5-7;/h7H,1-6,8H2;1H. The van der Waals surface area contributed by atoms with Crippen LogP contribution in [0.3, 0.4) is 0 Å². The van der Waals surface area contributed by atoms with Crippen molar-refractivity contribution in [1.82, 2.24) is 0 Å². The van der Waals surface area contributed by atoms with E-state index in [0.717, 1.165) is 12.5 Å². The topological polar surface area (TPSA) is 26.0 Å². The third kappa shape index (κ3) is 3.07. The number of hydrogen-bond acceptors (Lipinski definition) is 1. The van der Waals surface area contributed by atoms with Gasteiger partial charge in [0.05, 0.1) is 0 Å². The molecule has 1 aliphatic rings. The Hall–Kier alpha value is 0.250. The highest BCUT2D eigenvalue weighted by Crippen LogP contribution is 2.21. The third-order valence-corrected chi connectivity index (χ3v) is 2.06. The summed E-state index contributed by atoms with van der Waals surface area (Å²) in [5.74, 6) is 0.865. The summed E-state index contributed by atoms with van der Waals surface area (Å²) in [5.41, 5.74) is 5.50. The first kappa shape index (κ1) is 9.25. The molecule has 56 valence electrons. The van der Waals surface area contributed by atoms with Crippen molar-refractivity contribution in [3.05, 3.63) is 0 Å². The Morgan fingerprint density at radius 3 is 2.00 bits per heavy atom. The molecular weight excluding hydrogens is 134 g/mol. The Kier molecular flexibility index (Phi) is 5.21. The van der Waals surface area contributed by atoms with Gasteiger partial charge in [0.2, 0.25) is 0 Å². The molecule has 1 nitrogen and oxygen atoms in total. The fourth-order valence-electron chi connectivity index (χ4n) is 1.42. The molecule has 2 heteroatoms. The molecule has 0 aromatic rings. The average molecular weight is 150 g/mol. The van der Waals surface area contributed by atoms with Crippen LogP contribution in [0.4, 0.5) is 0 Å². The molecule has 1 aliphatic carbocycles. The van der Waals surface area contributed by atoms with Gasteiger partial charge in [-0.05, 0) is 25.3 Å². The summed E-state index contributed by atoms with van der Waals surface area (Å²) in [6, 6.07) is 0. The average Bonchev–Trinajstić information content (AvgIpc) is 1.90. The summed E-state index contributed by atoms with van der Waals surface area (Å²) in [4.78, 5) is 0. The summed E-state index contributed by atoms with van der Waals surface area (Å²) in [5, 5.41) is 0. The van der Waals surface area contributed by atoms with E-state index in [4.69, 9.17) is 5.73 Å².